The van der Waals surface area contributed by atoms with Gasteiger partial charge in [0.2, 0.25) is 0 Å². The van der Waals surface area contributed by atoms with Gasteiger partial charge in [0.05, 0.1) is 30.9 Å². The Morgan fingerprint density at radius 3 is 2.40 bits per heavy atom. The lowest BCUT2D eigenvalue weighted by Crippen LogP contribution is -2.61. The largest absolute Gasteiger partial charge is 0.493 e. The first-order valence-electron chi connectivity index (χ1n) is 12.0. The number of amides is 1. The van der Waals surface area contributed by atoms with Crippen LogP contribution < -0.4 is 9.46 Å². The summed E-state index contributed by atoms with van der Waals surface area (Å²) >= 11 is 13.7. The Bertz CT molecular complexity index is 1080. The van der Waals surface area contributed by atoms with E-state index in [-0.39, 0.29) is 11.1 Å². The van der Waals surface area contributed by atoms with Crippen molar-refractivity contribution >= 4 is 41.1 Å². The summed E-state index contributed by atoms with van der Waals surface area (Å²) in [5, 5.41) is 1.27. The van der Waals surface area contributed by atoms with Crippen molar-refractivity contribution in [2.45, 2.75) is 37.1 Å². The van der Waals surface area contributed by atoms with E-state index in [2.05, 4.69) is 9.62 Å². The highest BCUT2D eigenvalue weighted by Gasteiger charge is 2.47. The maximum Gasteiger partial charge on any atom is 0.264 e. The molecule has 35 heavy (non-hydrogen) atoms. The molecule has 1 N–H and O–H groups in total. The van der Waals surface area contributed by atoms with Gasteiger partial charge in [0.25, 0.3) is 5.91 Å². The molecule has 3 aliphatic rings. The Morgan fingerprint density at radius 1 is 1.14 bits per heavy atom. The van der Waals surface area contributed by atoms with Crippen LogP contribution in [-0.4, -0.2) is 50.0 Å². The zero-order valence-corrected chi connectivity index (χ0v) is 21.9. The zero-order chi connectivity index (χ0) is 24.6. The van der Waals surface area contributed by atoms with E-state index in [1.165, 1.54) is 6.07 Å². The van der Waals surface area contributed by atoms with Gasteiger partial charge >= 0.3 is 0 Å². The molecular weight excluding hydrogens is 510 g/mol. The van der Waals surface area contributed by atoms with E-state index in [1.807, 2.05) is 12.1 Å². The summed E-state index contributed by atoms with van der Waals surface area (Å²) < 4.78 is 29.1. The van der Waals surface area contributed by atoms with Crippen LogP contribution in [0.3, 0.4) is 0 Å². The van der Waals surface area contributed by atoms with Gasteiger partial charge in [-0.3, -0.25) is 14.4 Å². The fourth-order valence-corrected chi connectivity index (χ4v) is 5.94. The van der Waals surface area contributed by atoms with E-state index in [4.69, 9.17) is 32.7 Å². The molecule has 0 unspecified atom stereocenters. The highest BCUT2D eigenvalue weighted by Crippen LogP contribution is 2.45. The zero-order valence-electron chi connectivity index (χ0n) is 19.6. The van der Waals surface area contributed by atoms with Crippen molar-refractivity contribution in [2.24, 2.45) is 5.92 Å². The molecule has 188 valence electrons. The Labute approximate surface area is 219 Å². The second-order valence-corrected chi connectivity index (χ2v) is 11.2. The number of nitrogens with one attached hydrogen (secondary N) is 1. The number of halogens is 3. The SMILES string of the molecule is CSNC(=O)c1cc(C2CC2)c(OCC2CCN(C3(c4cc(Cl)cc(Cl)c4)COC3)CC2)cc1F. The van der Waals surface area contributed by atoms with E-state index in [0.717, 1.165) is 61.8 Å². The van der Waals surface area contributed by atoms with Gasteiger partial charge < -0.3 is 9.47 Å². The third-order valence-corrected chi connectivity index (χ3v) is 8.16. The second kappa shape index (κ2) is 10.5. The third kappa shape index (κ3) is 5.30. The lowest BCUT2D eigenvalue weighted by molar-refractivity contribution is -0.155. The number of carbonyl (C=O) groups is 1. The van der Waals surface area contributed by atoms with Crippen molar-refractivity contribution in [1.82, 2.24) is 9.62 Å². The predicted octanol–water partition coefficient (Wildman–Crippen LogP) is 6.03. The molecule has 2 aliphatic heterocycles. The Morgan fingerprint density at radius 2 is 1.83 bits per heavy atom. The van der Waals surface area contributed by atoms with E-state index in [0.29, 0.717) is 47.5 Å². The lowest BCUT2D eigenvalue weighted by atomic mass is 9.83. The summed E-state index contributed by atoms with van der Waals surface area (Å²) in [7, 11) is 0. The minimum Gasteiger partial charge on any atom is -0.493 e. The molecule has 1 amide bonds. The highest BCUT2D eigenvalue weighted by atomic mass is 35.5. The molecule has 5 nitrogen and oxygen atoms in total. The molecule has 1 saturated carbocycles. The van der Waals surface area contributed by atoms with Gasteiger partial charge in [0.15, 0.2) is 0 Å². The highest BCUT2D eigenvalue weighted by molar-refractivity contribution is 7.97. The Balaban J connectivity index is 1.23. The number of rotatable bonds is 8. The van der Waals surface area contributed by atoms with E-state index >= 15 is 0 Å². The number of hydrogen-bond donors (Lipinski definition) is 1. The van der Waals surface area contributed by atoms with Crippen LogP contribution in [0, 0.1) is 11.7 Å². The third-order valence-electron chi connectivity index (χ3n) is 7.33. The lowest BCUT2D eigenvalue weighted by Gasteiger charge is -2.52. The van der Waals surface area contributed by atoms with Crippen LogP contribution in [0.2, 0.25) is 10.0 Å². The molecule has 0 bridgehead atoms. The molecule has 2 aromatic carbocycles. The molecule has 2 aromatic rings. The molecular formula is C26H29Cl2FN2O3S. The fourth-order valence-electron chi connectivity index (χ4n) is 5.12. The maximum absolute atomic E-state index is 14.7. The average molecular weight is 540 g/mol. The van der Waals surface area contributed by atoms with E-state index in [9.17, 15) is 9.18 Å². The summed E-state index contributed by atoms with van der Waals surface area (Å²) in [5.41, 5.74) is 1.94. The quantitative estimate of drug-likeness (QED) is 0.415. The molecule has 9 heteroatoms. The van der Waals surface area contributed by atoms with E-state index < -0.39 is 11.7 Å². The summed E-state index contributed by atoms with van der Waals surface area (Å²) in [6, 6.07) is 8.79. The first-order chi connectivity index (χ1) is 16.9. The maximum atomic E-state index is 14.7. The molecule has 0 atom stereocenters. The molecule has 2 saturated heterocycles. The minimum atomic E-state index is -0.544. The van der Waals surface area contributed by atoms with Crippen molar-refractivity contribution in [1.29, 1.82) is 0 Å². The predicted molar refractivity (Wildman–Crippen MR) is 138 cm³/mol. The van der Waals surface area contributed by atoms with Gasteiger partial charge in [-0.15, -0.1) is 0 Å². The average Bonchev–Trinajstić information content (AvgIpc) is 3.63. The molecule has 3 fully saturated rings. The molecule has 0 radical (unpaired) electrons. The van der Waals surface area contributed by atoms with Crippen LogP contribution in [0.4, 0.5) is 4.39 Å². The molecule has 5 rings (SSSR count). The number of likely N-dealkylation sites (tertiary alicyclic amines) is 1. The van der Waals surface area contributed by atoms with Crippen molar-refractivity contribution in [2.75, 3.05) is 39.2 Å². The first-order valence-corrected chi connectivity index (χ1v) is 14.0. The molecule has 0 spiro atoms. The van der Waals surface area contributed by atoms with Crippen LogP contribution in [0.1, 0.15) is 53.1 Å². The number of ether oxygens (including phenoxy) is 2. The smallest absolute Gasteiger partial charge is 0.264 e. The van der Waals surface area contributed by atoms with Crippen molar-refractivity contribution in [3.8, 4) is 5.75 Å². The second-order valence-electron chi connectivity index (χ2n) is 9.70. The summed E-state index contributed by atoms with van der Waals surface area (Å²) in [4.78, 5) is 14.7. The van der Waals surface area contributed by atoms with Crippen LogP contribution in [-0.2, 0) is 10.3 Å². The summed E-state index contributed by atoms with van der Waals surface area (Å²) in [6.07, 6.45) is 5.78. The topological polar surface area (TPSA) is 50.8 Å². The van der Waals surface area contributed by atoms with Crippen molar-refractivity contribution in [3.63, 3.8) is 0 Å². The number of carbonyl (C=O) groups excluding carboxylic acids is 1. The van der Waals surface area contributed by atoms with Gasteiger partial charge in [-0.05, 0) is 86.0 Å². The number of piperidine rings is 1. The molecule has 1 aliphatic carbocycles. The standard InChI is InChI=1S/C26H29Cl2FN2O3S/c1-35-30-25(32)22-11-21(17-2-3-17)24(12-23(22)29)34-13-16-4-6-31(7-5-16)26(14-33-15-26)18-8-19(27)10-20(28)9-18/h8-12,16-17H,2-7,13-15H2,1H3,(H,30,32). The van der Waals surface area contributed by atoms with Crippen molar-refractivity contribution < 1.29 is 18.7 Å². The monoisotopic (exact) mass is 538 g/mol. The van der Waals surface area contributed by atoms with Gasteiger partial charge in [0, 0.05) is 22.4 Å². The Kier molecular flexibility index (Phi) is 7.52. The fraction of sp³-hybridized carbons (Fsp3) is 0.500. The van der Waals surface area contributed by atoms with Gasteiger partial charge in [0.1, 0.15) is 11.6 Å². The van der Waals surface area contributed by atoms with E-state index in [1.54, 1.807) is 18.4 Å². The summed E-state index contributed by atoms with van der Waals surface area (Å²) in [6.45, 7) is 3.63. The van der Waals surface area contributed by atoms with Gasteiger partial charge in [-0.1, -0.05) is 35.1 Å². The molecule has 0 aromatic heterocycles. The van der Waals surface area contributed by atoms with Gasteiger partial charge in [-0.25, -0.2) is 4.39 Å². The molecule has 2 heterocycles. The Hall–Kier alpha value is -1.51. The number of hydrogen-bond acceptors (Lipinski definition) is 5. The number of nitrogens with zero attached hydrogens (tertiary/aromatic N) is 1. The minimum absolute atomic E-state index is 0.0797. The summed E-state index contributed by atoms with van der Waals surface area (Å²) in [5.74, 6) is 0.340. The van der Waals surface area contributed by atoms with Crippen LogP contribution in [0.15, 0.2) is 30.3 Å². The number of benzene rings is 2. The van der Waals surface area contributed by atoms with Gasteiger partial charge in [-0.2, -0.15) is 0 Å². The van der Waals surface area contributed by atoms with Crippen LogP contribution in [0.25, 0.3) is 0 Å². The van der Waals surface area contributed by atoms with Crippen LogP contribution >= 0.6 is 35.1 Å². The normalized spacial score (nSPS) is 20.3. The first kappa shape index (κ1) is 25.2. The van der Waals surface area contributed by atoms with Crippen molar-refractivity contribution in [3.05, 3.63) is 62.9 Å². The van der Waals surface area contributed by atoms with Crippen LogP contribution in [0.5, 0.6) is 5.75 Å².